The molecule has 3 aliphatic rings. The monoisotopic (exact) mass is 931 g/mol. The number of rotatable bonds is 8. The molecule has 11 nitrogen and oxygen atoms in total. The number of H-pyrrole nitrogens is 1. The van der Waals surface area contributed by atoms with Crippen LogP contribution < -0.4 is 0 Å². The molecule has 2 aliphatic heterocycles. The summed E-state index contributed by atoms with van der Waals surface area (Å²) < 4.78 is 20.5. The van der Waals surface area contributed by atoms with Crippen LogP contribution in [0.25, 0.3) is 111 Å². The molecule has 7 aromatic carbocycles. The van der Waals surface area contributed by atoms with E-state index in [-0.39, 0.29) is 0 Å². The van der Waals surface area contributed by atoms with E-state index in [0.717, 1.165) is 77.4 Å². The standard InChI is InChI=1S/C60H41N3O8/c1-68-57(64)37-25-17-33(18-26-37)47-48(34-19-27-38(28-20-34)58(65)69-2)52-42-12-6-8-14-44(42)54(62-52)50(36-23-31-40(32-24-36)60(67)71-4)56-46-16-10-9-15-45(46)55(63-56)49(35-21-29-39(30-22-35)59(66)70-3)53-43-13-7-5-11-41(43)51(47)61-53/h5-32,63H,1-4H3. The number of nitrogens with one attached hydrogen (secondary N) is 1. The van der Waals surface area contributed by atoms with Crippen LogP contribution in [0.3, 0.4) is 0 Å². The van der Waals surface area contributed by atoms with E-state index in [0.29, 0.717) is 56.2 Å². The minimum atomic E-state index is -0.482. The highest BCUT2D eigenvalue weighted by Gasteiger charge is 2.31. The Balaban J connectivity index is 1.42. The van der Waals surface area contributed by atoms with Crippen LogP contribution in [-0.2, 0) is 18.9 Å². The summed E-state index contributed by atoms with van der Waals surface area (Å²) in [4.78, 5) is 67.1. The zero-order valence-electron chi connectivity index (χ0n) is 38.8. The van der Waals surface area contributed by atoms with Gasteiger partial charge >= 0.3 is 23.9 Å². The summed E-state index contributed by atoms with van der Waals surface area (Å²) in [5.41, 5.74) is 14.9. The Bertz CT molecular complexity index is 3550. The molecule has 1 aliphatic carbocycles. The number of benzene rings is 7. The average Bonchev–Trinajstić information content (AvgIpc) is 4.12. The normalized spacial score (nSPS) is 11.3. The molecule has 0 fully saturated rings. The number of aromatic amines is 1. The predicted molar refractivity (Wildman–Crippen MR) is 274 cm³/mol. The molecule has 0 saturated carbocycles. The zero-order chi connectivity index (χ0) is 48.9. The highest BCUT2D eigenvalue weighted by molar-refractivity contribution is 6.19. The third-order valence-corrected chi connectivity index (χ3v) is 13.1. The Morgan fingerprint density at radius 2 is 0.563 bits per heavy atom. The van der Waals surface area contributed by atoms with Crippen LogP contribution in [0.4, 0.5) is 0 Å². The Kier molecular flexibility index (Phi) is 11.1. The summed E-state index contributed by atoms with van der Waals surface area (Å²) in [6.45, 7) is 0. The Labute approximate surface area is 407 Å². The number of hydrogen-bond acceptors (Lipinski definition) is 10. The second kappa shape index (κ2) is 17.9. The lowest BCUT2D eigenvalue weighted by molar-refractivity contribution is 0.0592. The number of carbonyl (C=O) groups is 4. The van der Waals surface area contributed by atoms with Crippen molar-refractivity contribution in [3.63, 3.8) is 0 Å². The van der Waals surface area contributed by atoms with Crippen LogP contribution in [0.2, 0.25) is 0 Å². The lowest BCUT2D eigenvalue weighted by atomic mass is 9.87. The van der Waals surface area contributed by atoms with E-state index in [1.807, 2.05) is 84.9 Å². The highest BCUT2D eigenvalue weighted by Crippen LogP contribution is 2.53. The molecule has 71 heavy (non-hydrogen) atoms. The number of aromatic nitrogens is 3. The molecule has 0 atom stereocenters. The lowest BCUT2D eigenvalue weighted by Gasteiger charge is -2.15. The van der Waals surface area contributed by atoms with E-state index in [1.165, 1.54) is 28.4 Å². The van der Waals surface area contributed by atoms with Crippen molar-refractivity contribution in [1.29, 1.82) is 0 Å². The van der Waals surface area contributed by atoms with E-state index in [1.54, 1.807) is 48.5 Å². The smallest absolute Gasteiger partial charge is 0.337 e. The van der Waals surface area contributed by atoms with Crippen molar-refractivity contribution in [1.82, 2.24) is 15.0 Å². The van der Waals surface area contributed by atoms with Crippen LogP contribution in [0.1, 0.15) is 41.4 Å². The molecular formula is C60H41N3O8. The SMILES string of the molecule is COC(=O)c1ccc(-c2c3nc(c(-c4ccc(C(=O)OC)cc4)c4[nH]c(c(-c5ccc(C(=O)OC)cc5)c5nc(c2-c2ccc(C(=O)OC)cc2)-c2ccccc2-5)c2ccccc42)-c2ccccc2-3)cc1. The van der Waals surface area contributed by atoms with Crippen LogP contribution >= 0.6 is 0 Å². The van der Waals surface area contributed by atoms with Gasteiger partial charge in [0.1, 0.15) is 0 Å². The Hall–Kier alpha value is -9.48. The minimum Gasteiger partial charge on any atom is -0.465 e. The summed E-state index contributed by atoms with van der Waals surface area (Å²) in [6.07, 6.45) is 0. The van der Waals surface area contributed by atoms with Gasteiger partial charge in [0.05, 0.1) is 84.5 Å². The van der Waals surface area contributed by atoms with Gasteiger partial charge in [0.2, 0.25) is 0 Å². The van der Waals surface area contributed by atoms with Crippen LogP contribution in [0, 0.1) is 0 Å². The maximum absolute atomic E-state index is 12.9. The van der Waals surface area contributed by atoms with E-state index in [2.05, 4.69) is 41.4 Å². The molecule has 0 spiro atoms. The van der Waals surface area contributed by atoms with Gasteiger partial charge in [-0.1, -0.05) is 121 Å². The quantitative estimate of drug-likeness (QED) is 0.115. The minimum absolute atomic E-state index is 0.364. The van der Waals surface area contributed by atoms with Gasteiger partial charge in [-0.25, -0.2) is 29.1 Å². The lowest BCUT2D eigenvalue weighted by Crippen LogP contribution is -2.01. The molecule has 1 N–H and O–H groups in total. The Morgan fingerprint density at radius 3 is 0.831 bits per heavy atom. The summed E-state index contributed by atoms with van der Waals surface area (Å²) in [7, 11) is 5.41. The molecule has 11 heteroatoms. The largest absolute Gasteiger partial charge is 0.465 e. The maximum atomic E-state index is 12.9. The first-order valence-corrected chi connectivity index (χ1v) is 22.7. The first-order valence-electron chi connectivity index (χ1n) is 22.7. The zero-order valence-corrected chi connectivity index (χ0v) is 38.8. The molecule has 0 amide bonds. The first kappa shape index (κ1) is 44.1. The number of nitrogens with zero attached hydrogens (tertiary/aromatic N) is 2. The fraction of sp³-hybridized carbons (Fsp3) is 0.0667. The van der Waals surface area contributed by atoms with E-state index in [9.17, 15) is 19.2 Å². The first-order chi connectivity index (χ1) is 34.7. The van der Waals surface area contributed by atoms with Crippen molar-refractivity contribution < 1.29 is 38.1 Å². The topological polar surface area (TPSA) is 147 Å². The molecule has 1 aromatic heterocycles. The van der Waals surface area contributed by atoms with Crippen molar-refractivity contribution in [2.75, 3.05) is 28.4 Å². The van der Waals surface area contributed by atoms with Crippen LogP contribution in [-0.4, -0.2) is 67.3 Å². The second-order valence-electron chi connectivity index (χ2n) is 16.9. The van der Waals surface area contributed by atoms with Gasteiger partial charge in [0, 0.05) is 55.3 Å². The van der Waals surface area contributed by atoms with Gasteiger partial charge in [-0.05, 0) is 70.8 Å². The number of methoxy groups -OCH3 is 4. The van der Waals surface area contributed by atoms with Crippen molar-refractivity contribution in [2.24, 2.45) is 0 Å². The van der Waals surface area contributed by atoms with Gasteiger partial charge in [-0.3, -0.25) is 0 Å². The maximum Gasteiger partial charge on any atom is 0.337 e. The number of hydrogen-bond donors (Lipinski definition) is 1. The molecule has 11 rings (SSSR count). The molecule has 0 unspecified atom stereocenters. The van der Waals surface area contributed by atoms with Gasteiger partial charge in [0.25, 0.3) is 0 Å². The van der Waals surface area contributed by atoms with Crippen molar-refractivity contribution in [3.05, 3.63) is 192 Å². The van der Waals surface area contributed by atoms with Crippen LogP contribution in [0.5, 0.6) is 0 Å². The third kappa shape index (κ3) is 7.39. The summed E-state index contributed by atoms with van der Waals surface area (Å²) in [6, 6.07) is 53.4. The van der Waals surface area contributed by atoms with Gasteiger partial charge < -0.3 is 23.9 Å². The van der Waals surface area contributed by atoms with Crippen molar-refractivity contribution in [3.8, 4) is 89.5 Å². The third-order valence-electron chi connectivity index (χ3n) is 13.1. The highest BCUT2D eigenvalue weighted by atomic mass is 16.5. The van der Waals surface area contributed by atoms with Gasteiger partial charge in [-0.15, -0.1) is 0 Å². The summed E-state index contributed by atoms with van der Waals surface area (Å²) in [5.74, 6) is -1.89. The molecule has 8 aromatic rings. The number of esters is 4. The van der Waals surface area contributed by atoms with Crippen molar-refractivity contribution >= 4 is 45.7 Å². The second-order valence-corrected chi connectivity index (χ2v) is 16.9. The summed E-state index contributed by atoms with van der Waals surface area (Å²) in [5, 5.41) is 1.81. The predicted octanol–water partition coefficient (Wildman–Crippen LogP) is 12.9. The number of carbonyl (C=O) groups excluding carboxylic acids is 4. The average molecular weight is 932 g/mol. The van der Waals surface area contributed by atoms with Crippen LogP contribution in [0.15, 0.2) is 170 Å². The molecule has 344 valence electrons. The van der Waals surface area contributed by atoms with E-state index < -0.39 is 23.9 Å². The fourth-order valence-corrected chi connectivity index (χ4v) is 9.75. The molecule has 3 heterocycles. The van der Waals surface area contributed by atoms with Gasteiger partial charge in [0.15, 0.2) is 0 Å². The van der Waals surface area contributed by atoms with Crippen molar-refractivity contribution in [2.45, 2.75) is 0 Å². The molecular weight excluding hydrogens is 891 g/mol. The van der Waals surface area contributed by atoms with E-state index >= 15 is 0 Å². The molecule has 6 bridgehead atoms. The summed E-state index contributed by atoms with van der Waals surface area (Å²) >= 11 is 0. The molecule has 0 radical (unpaired) electrons. The van der Waals surface area contributed by atoms with Gasteiger partial charge in [-0.2, -0.15) is 0 Å². The molecule has 0 saturated heterocycles. The van der Waals surface area contributed by atoms with E-state index in [4.69, 9.17) is 28.9 Å². The fourth-order valence-electron chi connectivity index (χ4n) is 9.75. The number of ether oxygens (including phenoxy) is 4. The Morgan fingerprint density at radius 1 is 0.324 bits per heavy atom.